The topological polar surface area (TPSA) is 38.7 Å². The van der Waals surface area contributed by atoms with Crippen molar-refractivity contribution in [1.82, 2.24) is 0 Å². The van der Waals surface area contributed by atoms with E-state index in [1.165, 1.54) is 0 Å². The summed E-state index contributed by atoms with van der Waals surface area (Å²) in [6.45, 7) is 1.13. The van der Waals surface area contributed by atoms with Crippen molar-refractivity contribution < 1.29 is 14.6 Å². The molecule has 0 aliphatic carbocycles. The lowest BCUT2D eigenvalue weighted by Gasteiger charge is -2.19. The van der Waals surface area contributed by atoms with Gasteiger partial charge >= 0.3 is 0 Å². The van der Waals surface area contributed by atoms with Crippen molar-refractivity contribution in [2.24, 2.45) is 0 Å². The van der Waals surface area contributed by atoms with Gasteiger partial charge in [-0.3, -0.25) is 0 Å². The van der Waals surface area contributed by atoms with Gasteiger partial charge in [0, 0.05) is 0 Å². The van der Waals surface area contributed by atoms with Crippen molar-refractivity contribution in [3.8, 4) is 17.2 Å². The van der Waals surface area contributed by atoms with E-state index in [9.17, 15) is 5.11 Å². The molecule has 0 bridgehead atoms. The van der Waals surface area contributed by atoms with Crippen LogP contribution in [0, 0.1) is 3.57 Å². The fourth-order valence-corrected chi connectivity index (χ4v) is 1.67. The number of hydrogen-bond acceptors (Lipinski definition) is 3. The molecule has 1 aromatic carbocycles. The fourth-order valence-electron chi connectivity index (χ4n) is 1.07. The Morgan fingerprint density at radius 2 is 2.00 bits per heavy atom. The van der Waals surface area contributed by atoms with Gasteiger partial charge in [0.25, 0.3) is 0 Å². The average Bonchev–Trinajstić information content (AvgIpc) is 2.12. The van der Waals surface area contributed by atoms with Crippen LogP contribution in [-0.4, -0.2) is 18.3 Å². The number of hydrogen-bond donors (Lipinski definition) is 1. The number of ether oxygens (including phenoxy) is 2. The monoisotopic (exact) mass is 278 g/mol. The summed E-state index contributed by atoms with van der Waals surface area (Å²) in [4.78, 5) is 0. The van der Waals surface area contributed by atoms with E-state index >= 15 is 0 Å². The van der Waals surface area contributed by atoms with Crippen molar-refractivity contribution in [2.45, 2.75) is 0 Å². The zero-order valence-electron chi connectivity index (χ0n) is 6.21. The Morgan fingerprint density at radius 1 is 1.25 bits per heavy atom. The third-order valence-corrected chi connectivity index (χ3v) is 2.67. The Labute approximate surface area is 83.4 Å². The summed E-state index contributed by atoms with van der Waals surface area (Å²) in [6.07, 6.45) is 0. The van der Waals surface area contributed by atoms with Gasteiger partial charge in [-0.15, -0.1) is 0 Å². The van der Waals surface area contributed by atoms with Gasteiger partial charge in [0.05, 0.1) is 0 Å². The predicted molar refractivity (Wildman–Crippen MR) is 51.8 cm³/mol. The summed E-state index contributed by atoms with van der Waals surface area (Å²) in [7, 11) is 0. The molecule has 0 unspecified atom stereocenters. The molecule has 1 aliphatic rings. The van der Waals surface area contributed by atoms with Crippen LogP contribution < -0.4 is 9.47 Å². The van der Waals surface area contributed by atoms with Gasteiger partial charge < -0.3 is 14.6 Å². The van der Waals surface area contributed by atoms with Crippen LogP contribution in [0.4, 0.5) is 0 Å². The molecule has 1 aromatic rings. The Morgan fingerprint density at radius 3 is 2.83 bits per heavy atom. The van der Waals surface area contributed by atoms with Crippen LogP contribution in [0.25, 0.3) is 0 Å². The first kappa shape index (κ1) is 7.97. The third-order valence-electron chi connectivity index (χ3n) is 1.63. The number of benzene rings is 1. The minimum atomic E-state index is 0.236. The van der Waals surface area contributed by atoms with Crippen molar-refractivity contribution >= 4 is 22.6 Å². The van der Waals surface area contributed by atoms with E-state index in [1.807, 2.05) is 22.6 Å². The number of fused-ring (bicyclic) bond motifs is 1. The number of phenolic OH excluding ortho intramolecular Hbond substituents is 1. The summed E-state index contributed by atoms with van der Waals surface area (Å²) in [5, 5.41) is 9.33. The van der Waals surface area contributed by atoms with E-state index in [0.29, 0.717) is 28.3 Å². The molecule has 0 spiro atoms. The smallest absolute Gasteiger partial charge is 0.178 e. The van der Waals surface area contributed by atoms with Gasteiger partial charge in [-0.05, 0) is 34.7 Å². The van der Waals surface area contributed by atoms with Gasteiger partial charge in [0.1, 0.15) is 22.5 Å². The van der Waals surface area contributed by atoms with Gasteiger partial charge in [0.2, 0.25) is 0 Å². The molecule has 1 N–H and O–H groups in total. The lowest BCUT2D eigenvalue weighted by atomic mass is 10.3. The summed E-state index contributed by atoms with van der Waals surface area (Å²) in [6, 6.07) is 3.32. The number of aromatic hydroxyl groups is 1. The van der Waals surface area contributed by atoms with Crippen LogP contribution in [0.1, 0.15) is 0 Å². The van der Waals surface area contributed by atoms with Crippen molar-refractivity contribution in [3.63, 3.8) is 0 Å². The van der Waals surface area contributed by atoms with Crippen LogP contribution in [0.5, 0.6) is 17.2 Å². The van der Waals surface area contributed by atoms with E-state index in [2.05, 4.69) is 0 Å². The molecule has 0 saturated carbocycles. The maximum Gasteiger partial charge on any atom is 0.178 e. The van der Waals surface area contributed by atoms with Crippen LogP contribution in [0.3, 0.4) is 0 Å². The lowest BCUT2D eigenvalue weighted by Crippen LogP contribution is -2.15. The predicted octanol–water partition coefficient (Wildman–Crippen LogP) is 1.77. The first-order valence-corrected chi connectivity index (χ1v) is 4.64. The molecule has 0 atom stereocenters. The van der Waals surface area contributed by atoms with Gasteiger partial charge in [-0.1, -0.05) is 0 Å². The van der Waals surface area contributed by atoms with Gasteiger partial charge in [-0.2, -0.15) is 0 Å². The highest BCUT2D eigenvalue weighted by atomic mass is 127. The fraction of sp³-hybridized carbons (Fsp3) is 0.250. The quantitative estimate of drug-likeness (QED) is 0.735. The first-order chi connectivity index (χ1) is 5.79. The molecule has 12 heavy (non-hydrogen) atoms. The minimum absolute atomic E-state index is 0.236. The van der Waals surface area contributed by atoms with Crippen molar-refractivity contribution in [3.05, 3.63) is 15.7 Å². The molecular weight excluding hydrogens is 271 g/mol. The molecular formula is C8H7IO3. The zero-order chi connectivity index (χ0) is 8.55. The summed E-state index contributed by atoms with van der Waals surface area (Å²) in [5.41, 5.74) is 0. The van der Waals surface area contributed by atoms with Crippen molar-refractivity contribution in [1.29, 1.82) is 0 Å². The normalized spacial score (nSPS) is 14.4. The highest BCUT2D eigenvalue weighted by Gasteiger charge is 2.16. The molecule has 3 nitrogen and oxygen atoms in total. The highest BCUT2D eigenvalue weighted by Crippen LogP contribution is 2.39. The molecule has 0 aromatic heterocycles. The Balaban J connectivity index is 2.54. The summed E-state index contributed by atoms with van der Waals surface area (Å²) in [5.74, 6) is 1.60. The van der Waals surface area contributed by atoms with Crippen LogP contribution in [0.15, 0.2) is 12.1 Å². The third kappa shape index (κ3) is 1.20. The second-order valence-electron chi connectivity index (χ2n) is 2.42. The molecule has 64 valence electrons. The molecule has 2 rings (SSSR count). The lowest BCUT2D eigenvalue weighted by molar-refractivity contribution is 0.169. The van der Waals surface area contributed by atoms with Gasteiger partial charge in [0.15, 0.2) is 11.5 Å². The average molecular weight is 278 g/mol. The van der Waals surface area contributed by atoms with E-state index in [4.69, 9.17) is 9.47 Å². The van der Waals surface area contributed by atoms with Gasteiger partial charge in [-0.25, -0.2) is 0 Å². The minimum Gasteiger partial charge on any atom is -0.507 e. The first-order valence-electron chi connectivity index (χ1n) is 3.56. The molecule has 0 radical (unpaired) electrons. The second-order valence-corrected chi connectivity index (χ2v) is 3.50. The number of rotatable bonds is 0. The SMILES string of the molecule is Oc1ccc2c(c1I)OCCO2. The molecule has 1 heterocycles. The Kier molecular flexibility index (Phi) is 2.00. The Hall–Kier alpha value is -0.650. The molecule has 0 amide bonds. The zero-order valence-corrected chi connectivity index (χ0v) is 8.37. The molecule has 1 aliphatic heterocycles. The Bertz CT molecular complexity index is 311. The van der Waals surface area contributed by atoms with E-state index in [1.54, 1.807) is 12.1 Å². The second kappa shape index (κ2) is 3.01. The largest absolute Gasteiger partial charge is 0.507 e. The molecule has 0 saturated heterocycles. The van der Waals surface area contributed by atoms with Crippen LogP contribution >= 0.6 is 22.6 Å². The maximum absolute atomic E-state index is 9.33. The van der Waals surface area contributed by atoms with E-state index in [-0.39, 0.29) is 5.75 Å². The van der Waals surface area contributed by atoms with E-state index < -0.39 is 0 Å². The number of phenols is 1. The molecule has 4 heteroatoms. The summed E-state index contributed by atoms with van der Waals surface area (Å²) >= 11 is 2.03. The van der Waals surface area contributed by atoms with Crippen molar-refractivity contribution in [2.75, 3.05) is 13.2 Å². The van der Waals surface area contributed by atoms with E-state index in [0.717, 1.165) is 0 Å². The van der Waals surface area contributed by atoms with Crippen LogP contribution in [-0.2, 0) is 0 Å². The maximum atomic E-state index is 9.33. The molecule has 0 fully saturated rings. The summed E-state index contributed by atoms with van der Waals surface area (Å²) < 4.78 is 11.4. The highest BCUT2D eigenvalue weighted by molar-refractivity contribution is 14.1. The number of halogens is 1. The van der Waals surface area contributed by atoms with Crippen LogP contribution in [0.2, 0.25) is 0 Å². The standard InChI is InChI=1S/C8H7IO3/c9-7-5(10)1-2-6-8(7)12-4-3-11-6/h1-2,10H,3-4H2.